The van der Waals surface area contributed by atoms with Crippen LogP contribution in [0.5, 0.6) is 17.5 Å². The lowest BCUT2D eigenvalue weighted by Gasteiger charge is -2.15. The highest BCUT2D eigenvalue weighted by Gasteiger charge is 2.28. The molecule has 0 bridgehead atoms. The third kappa shape index (κ3) is 4.36. The highest BCUT2D eigenvalue weighted by molar-refractivity contribution is 7.91. The molecule has 10 nitrogen and oxygen atoms in total. The van der Waals surface area contributed by atoms with Crippen molar-refractivity contribution in [3.63, 3.8) is 0 Å². The minimum Gasteiger partial charge on any atom is -0.612 e. The summed E-state index contributed by atoms with van der Waals surface area (Å²) in [6.07, 6.45) is 2.58. The number of nitrogens with two attached hydrogens (primary N) is 1. The number of hydrogen-bond donors (Lipinski definition) is 1. The lowest BCUT2D eigenvalue weighted by molar-refractivity contribution is 0.240. The summed E-state index contributed by atoms with van der Waals surface area (Å²) in [7, 11) is -1.56. The van der Waals surface area contributed by atoms with E-state index in [0.717, 1.165) is 0 Å². The molecule has 0 saturated heterocycles. The fourth-order valence-corrected chi connectivity index (χ4v) is 4.97. The molecule has 0 amide bonds. The van der Waals surface area contributed by atoms with Gasteiger partial charge < -0.3 is 18.8 Å². The molecule has 2 aromatic heterocycles. The number of methoxy groups -OCH3 is 2. The Morgan fingerprint density at radius 1 is 1.26 bits per heavy atom. The molecule has 31 heavy (non-hydrogen) atoms. The van der Waals surface area contributed by atoms with E-state index in [1.54, 1.807) is 0 Å². The summed E-state index contributed by atoms with van der Waals surface area (Å²) >= 11 is 4.64. The number of primary sulfonamides is 1. The van der Waals surface area contributed by atoms with E-state index in [1.807, 2.05) is 0 Å². The van der Waals surface area contributed by atoms with Gasteiger partial charge in [0, 0.05) is 11.6 Å². The highest BCUT2D eigenvalue weighted by atomic mass is 35.5. The van der Waals surface area contributed by atoms with E-state index in [-0.39, 0.29) is 55.8 Å². The van der Waals surface area contributed by atoms with Gasteiger partial charge in [-0.15, -0.1) is 0 Å². The summed E-state index contributed by atoms with van der Waals surface area (Å²) in [6, 6.07) is 2.87. The number of fused-ring (bicyclic) bond motifs is 1. The van der Waals surface area contributed by atoms with Crippen LogP contribution in [0.25, 0.3) is 16.9 Å². The zero-order chi connectivity index (χ0) is 22.9. The van der Waals surface area contributed by atoms with Crippen molar-refractivity contribution in [1.29, 1.82) is 0 Å². The third-order valence-corrected chi connectivity index (χ3v) is 6.50. The quantitative estimate of drug-likeness (QED) is 0.469. The molecule has 3 aromatic rings. The first-order valence-electron chi connectivity index (χ1n) is 8.53. The number of halogens is 2. The zero-order valence-electron chi connectivity index (χ0n) is 16.6. The van der Waals surface area contributed by atoms with Crippen LogP contribution in [-0.4, -0.2) is 61.3 Å². The van der Waals surface area contributed by atoms with E-state index in [4.69, 9.17) is 31.0 Å². The van der Waals surface area contributed by atoms with Crippen molar-refractivity contribution < 1.29 is 31.6 Å². The first kappa shape index (κ1) is 23.3. The van der Waals surface area contributed by atoms with E-state index in [0.29, 0.717) is 0 Å². The number of aromatic nitrogens is 3. The normalized spacial score (nSPS) is 12.7. The van der Waals surface area contributed by atoms with Gasteiger partial charge in [0.1, 0.15) is 29.9 Å². The fourth-order valence-electron chi connectivity index (χ4n) is 2.94. The molecule has 14 heteroatoms. The molecule has 0 radical (unpaired) electrons. The topological polar surface area (TPSA) is 142 Å². The molecule has 0 saturated carbocycles. The predicted octanol–water partition coefficient (Wildman–Crippen LogP) is 1.82. The molecule has 0 fully saturated rings. The maximum atomic E-state index is 12.6. The lowest BCUT2D eigenvalue weighted by Crippen LogP contribution is -2.12. The van der Waals surface area contributed by atoms with Gasteiger partial charge in [0.25, 0.3) is 11.8 Å². The minimum atomic E-state index is -4.17. The highest BCUT2D eigenvalue weighted by Crippen LogP contribution is 2.39. The number of nitrogens with zero attached hydrogens (tertiary/aromatic N) is 3. The summed E-state index contributed by atoms with van der Waals surface area (Å²) in [6.45, 7) is -1.05. The van der Waals surface area contributed by atoms with Crippen molar-refractivity contribution in [3.05, 3.63) is 23.4 Å². The Bertz CT molecular complexity index is 1210. The van der Waals surface area contributed by atoms with Gasteiger partial charge in [0.05, 0.1) is 19.2 Å². The number of hydrogen-bond acceptors (Lipinski definition) is 8. The minimum absolute atomic E-state index is 0.0353. The van der Waals surface area contributed by atoms with E-state index < -0.39 is 27.9 Å². The second-order valence-corrected chi connectivity index (χ2v) is 9.30. The first-order valence-corrected chi connectivity index (χ1v) is 12.0. The number of benzene rings is 1. The van der Waals surface area contributed by atoms with Gasteiger partial charge in [-0.3, -0.25) is 4.57 Å². The average Bonchev–Trinajstić information content (AvgIpc) is 3.11. The average molecular weight is 493 g/mol. The standard InChI is InChI=1S/C17H18ClFN4O6S2/c1-27-15-13(29-7-6-19)16(28-2)22-17(21-15)23-8-11(31(20,25)26)9-4-5-10(18)14(12(9)23)30(3)24/h4-5,8H,6-7H2,1-3H3,(H2,20,25,26). The number of ether oxygens (including phenoxy) is 3. The van der Waals surface area contributed by atoms with Crippen molar-refractivity contribution in [2.75, 3.05) is 33.8 Å². The number of rotatable bonds is 8. The van der Waals surface area contributed by atoms with Gasteiger partial charge in [-0.2, -0.15) is 9.97 Å². The van der Waals surface area contributed by atoms with Crippen LogP contribution in [0.1, 0.15) is 0 Å². The Morgan fingerprint density at radius 3 is 2.35 bits per heavy atom. The van der Waals surface area contributed by atoms with Gasteiger partial charge in [0.2, 0.25) is 21.7 Å². The second kappa shape index (κ2) is 9.04. The molecule has 168 valence electrons. The summed E-state index contributed by atoms with van der Waals surface area (Å²) in [5.41, 5.74) is 0.180. The molecular formula is C17H18ClFN4O6S2. The van der Waals surface area contributed by atoms with Gasteiger partial charge in [-0.25, -0.2) is 17.9 Å². The zero-order valence-corrected chi connectivity index (χ0v) is 19.0. The first-order chi connectivity index (χ1) is 14.6. The molecule has 0 aliphatic rings. The Hall–Kier alpha value is -2.32. The van der Waals surface area contributed by atoms with Crippen molar-refractivity contribution in [2.24, 2.45) is 5.14 Å². The van der Waals surface area contributed by atoms with Crippen molar-refractivity contribution >= 4 is 43.7 Å². The van der Waals surface area contributed by atoms with E-state index >= 15 is 0 Å². The summed E-state index contributed by atoms with van der Waals surface area (Å²) < 4.78 is 66.3. The summed E-state index contributed by atoms with van der Waals surface area (Å²) in [4.78, 5) is 8.36. The Labute approximate surface area is 185 Å². The molecular weight excluding hydrogens is 475 g/mol. The van der Waals surface area contributed by atoms with Crippen molar-refractivity contribution in [1.82, 2.24) is 14.5 Å². The maximum absolute atomic E-state index is 12.6. The van der Waals surface area contributed by atoms with Crippen molar-refractivity contribution in [2.45, 2.75) is 9.79 Å². The Morgan fingerprint density at radius 2 is 1.87 bits per heavy atom. The number of sulfonamides is 1. The van der Waals surface area contributed by atoms with E-state index in [2.05, 4.69) is 9.97 Å². The summed E-state index contributed by atoms with van der Waals surface area (Å²) in [5.74, 6) is -0.312. The van der Waals surface area contributed by atoms with Crippen LogP contribution in [0.15, 0.2) is 28.1 Å². The largest absolute Gasteiger partial charge is 0.612 e. The second-order valence-electron chi connectivity index (χ2n) is 6.04. The number of alkyl halides is 1. The van der Waals surface area contributed by atoms with E-state index in [9.17, 15) is 17.4 Å². The Balaban J connectivity index is 2.41. The SMILES string of the molecule is COc1nc(-n2cc(S(N)(=O)=O)c3ccc(Cl)c([S+](C)[O-])c32)nc(OC)c1OCCF. The van der Waals surface area contributed by atoms with Crippen LogP contribution in [0, 0.1) is 0 Å². The van der Waals surface area contributed by atoms with Crippen LogP contribution >= 0.6 is 11.6 Å². The molecule has 0 spiro atoms. The van der Waals surface area contributed by atoms with E-state index in [1.165, 1.54) is 43.4 Å². The molecule has 1 atom stereocenters. The third-order valence-electron chi connectivity index (χ3n) is 4.15. The molecule has 2 N–H and O–H groups in total. The molecule has 1 aromatic carbocycles. The monoisotopic (exact) mass is 492 g/mol. The lowest BCUT2D eigenvalue weighted by atomic mass is 10.2. The molecule has 0 aliphatic carbocycles. The van der Waals surface area contributed by atoms with Crippen LogP contribution < -0.4 is 19.3 Å². The Kier molecular flexibility index (Phi) is 6.81. The van der Waals surface area contributed by atoms with Gasteiger partial charge in [0.15, 0.2) is 4.90 Å². The van der Waals surface area contributed by atoms with Crippen LogP contribution in [0.4, 0.5) is 4.39 Å². The molecule has 1 unspecified atom stereocenters. The predicted molar refractivity (Wildman–Crippen MR) is 112 cm³/mol. The maximum Gasteiger partial charge on any atom is 0.265 e. The van der Waals surface area contributed by atoms with Gasteiger partial charge in [-0.1, -0.05) is 11.6 Å². The molecule has 3 rings (SSSR count). The fraction of sp³-hybridized carbons (Fsp3) is 0.294. The van der Waals surface area contributed by atoms with Crippen LogP contribution in [-0.2, 0) is 21.2 Å². The molecule has 2 heterocycles. The van der Waals surface area contributed by atoms with Gasteiger partial charge in [-0.05, 0) is 23.3 Å². The smallest absolute Gasteiger partial charge is 0.265 e. The van der Waals surface area contributed by atoms with Crippen LogP contribution in [0.3, 0.4) is 0 Å². The van der Waals surface area contributed by atoms with Crippen LogP contribution in [0.2, 0.25) is 5.02 Å². The summed E-state index contributed by atoms with van der Waals surface area (Å²) in [5, 5.41) is 5.70. The van der Waals surface area contributed by atoms with Gasteiger partial charge >= 0.3 is 0 Å². The molecule has 0 aliphatic heterocycles. The van der Waals surface area contributed by atoms with Crippen molar-refractivity contribution in [3.8, 4) is 23.5 Å².